The summed E-state index contributed by atoms with van der Waals surface area (Å²) in [5, 5.41) is -0.369. The summed E-state index contributed by atoms with van der Waals surface area (Å²) in [6.45, 7) is 0. The first-order valence-corrected chi connectivity index (χ1v) is 4.98. The maximum absolute atomic E-state index is 12.2. The molecule has 4 nitrogen and oxygen atoms in total. The lowest BCUT2D eigenvalue weighted by molar-refractivity contribution is -0.0329. The van der Waals surface area contributed by atoms with Crippen LogP contribution >= 0.6 is 23.4 Å². The van der Waals surface area contributed by atoms with Gasteiger partial charge in [-0.1, -0.05) is 11.6 Å². The van der Waals surface area contributed by atoms with E-state index in [1.165, 1.54) is 14.2 Å². The standard InChI is InChI=1S/C7H6ClF3N2O2S/c1-14-5-3(16-7(9,10)11)4(8)12-6(13-5)15-2/h1-2H3. The van der Waals surface area contributed by atoms with Crippen molar-refractivity contribution in [1.82, 2.24) is 9.97 Å². The number of rotatable bonds is 3. The number of methoxy groups -OCH3 is 2. The molecule has 1 aromatic rings. The van der Waals surface area contributed by atoms with Crippen molar-refractivity contribution >= 4 is 23.4 Å². The van der Waals surface area contributed by atoms with Gasteiger partial charge >= 0.3 is 11.5 Å². The van der Waals surface area contributed by atoms with Crippen LogP contribution in [-0.4, -0.2) is 29.7 Å². The van der Waals surface area contributed by atoms with Crippen molar-refractivity contribution < 1.29 is 22.6 Å². The Kier molecular flexibility index (Phi) is 4.09. The summed E-state index contributed by atoms with van der Waals surface area (Å²) in [7, 11) is 2.44. The van der Waals surface area contributed by atoms with Gasteiger partial charge in [-0.25, -0.2) is 0 Å². The van der Waals surface area contributed by atoms with Crippen molar-refractivity contribution in [2.24, 2.45) is 0 Å². The van der Waals surface area contributed by atoms with E-state index in [9.17, 15) is 13.2 Å². The molecule has 0 fully saturated rings. The maximum Gasteiger partial charge on any atom is 0.446 e. The predicted molar refractivity (Wildman–Crippen MR) is 52.1 cm³/mol. The van der Waals surface area contributed by atoms with Gasteiger partial charge in [0.25, 0.3) is 0 Å². The summed E-state index contributed by atoms with van der Waals surface area (Å²) < 4.78 is 45.9. The Morgan fingerprint density at radius 2 is 1.81 bits per heavy atom. The molecule has 0 bridgehead atoms. The molecule has 0 saturated carbocycles. The van der Waals surface area contributed by atoms with Crippen LogP contribution in [0.4, 0.5) is 13.2 Å². The first-order chi connectivity index (χ1) is 7.37. The van der Waals surface area contributed by atoms with Crippen LogP contribution in [0.25, 0.3) is 0 Å². The molecular weight excluding hydrogens is 269 g/mol. The van der Waals surface area contributed by atoms with Crippen molar-refractivity contribution in [2.75, 3.05) is 14.2 Å². The SMILES string of the molecule is COc1nc(Cl)c(SC(F)(F)F)c(OC)n1. The van der Waals surface area contributed by atoms with Gasteiger partial charge in [0, 0.05) is 0 Å². The van der Waals surface area contributed by atoms with E-state index in [2.05, 4.69) is 19.4 Å². The molecule has 1 rings (SSSR count). The van der Waals surface area contributed by atoms with Gasteiger partial charge in [-0.3, -0.25) is 0 Å². The molecule has 1 aromatic heterocycles. The number of nitrogens with zero attached hydrogens (tertiary/aromatic N) is 2. The first kappa shape index (κ1) is 13.2. The number of ether oxygens (including phenoxy) is 2. The number of halogens is 4. The van der Waals surface area contributed by atoms with Crippen LogP contribution in [0.15, 0.2) is 4.90 Å². The fourth-order valence-corrected chi connectivity index (χ4v) is 1.66. The van der Waals surface area contributed by atoms with Gasteiger partial charge in [0.1, 0.15) is 4.90 Å². The Morgan fingerprint density at radius 1 is 1.19 bits per heavy atom. The smallest absolute Gasteiger partial charge is 0.446 e. The topological polar surface area (TPSA) is 44.2 Å². The highest BCUT2D eigenvalue weighted by molar-refractivity contribution is 8.00. The fraction of sp³-hybridized carbons (Fsp3) is 0.429. The molecule has 0 aliphatic carbocycles. The maximum atomic E-state index is 12.2. The molecule has 0 unspecified atom stereocenters. The molecule has 1 heterocycles. The van der Waals surface area contributed by atoms with E-state index in [0.717, 1.165) is 0 Å². The molecule has 0 aliphatic heterocycles. The third kappa shape index (κ3) is 3.31. The van der Waals surface area contributed by atoms with Crippen LogP contribution < -0.4 is 9.47 Å². The Labute approximate surface area is 98.1 Å². The minimum absolute atomic E-state index is 0.159. The zero-order chi connectivity index (χ0) is 12.3. The van der Waals surface area contributed by atoms with Gasteiger partial charge in [-0.15, -0.1) is 0 Å². The van der Waals surface area contributed by atoms with Crippen molar-refractivity contribution in [1.29, 1.82) is 0 Å². The number of alkyl halides is 3. The van der Waals surface area contributed by atoms with Crippen LogP contribution in [0.5, 0.6) is 11.9 Å². The van der Waals surface area contributed by atoms with E-state index >= 15 is 0 Å². The molecule has 0 saturated heterocycles. The Bertz CT molecular complexity index is 389. The molecular formula is C7H6ClF3N2O2S. The lowest BCUT2D eigenvalue weighted by Crippen LogP contribution is -2.04. The van der Waals surface area contributed by atoms with Gasteiger partial charge < -0.3 is 9.47 Å². The largest absolute Gasteiger partial charge is 0.480 e. The zero-order valence-corrected chi connectivity index (χ0v) is 9.70. The molecule has 0 aliphatic rings. The molecule has 0 radical (unpaired) electrons. The quantitative estimate of drug-likeness (QED) is 0.626. The molecule has 0 atom stereocenters. The van der Waals surface area contributed by atoms with Crippen molar-refractivity contribution in [2.45, 2.75) is 10.4 Å². The lowest BCUT2D eigenvalue weighted by atomic mass is 10.6. The van der Waals surface area contributed by atoms with E-state index < -0.39 is 22.2 Å². The minimum Gasteiger partial charge on any atom is -0.480 e. The number of hydrogen-bond acceptors (Lipinski definition) is 5. The Hall–Kier alpha value is -0.890. The van der Waals surface area contributed by atoms with E-state index in [0.29, 0.717) is 0 Å². The van der Waals surface area contributed by atoms with Crippen molar-refractivity contribution in [3.8, 4) is 11.9 Å². The van der Waals surface area contributed by atoms with Crippen LogP contribution in [0.1, 0.15) is 0 Å². The second-order valence-corrected chi connectivity index (χ2v) is 3.82. The molecule has 0 amide bonds. The number of hydrogen-bond donors (Lipinski definition) is 0. The minimum atomic E-state index is -4.49. The average molecular weight is 275 g/mol. The number of thioether (sulfide) groups is 1. The van der Waals surface area contributed by atoms with Crippen molar-refractivity contribution in [3.05, 3.63) is 5.15 Å². The summed E-state index contributed by atoms with van der Waals surface area (Å²) in [6, 6.07) is -0.159. The van der Waals surface area contributed by atoms with Gasteiger partial charge in [0.15, 0.2) is 5.15 Å². The first-order valence-electron chi connectivity index (χ1n) is 3.78. The molecule has 0 N–H and O–H groups in total. The van der Waals surface area contributed by atoms with E-state index in [4.69, 9.17) is 11.6 Å². The molecule has 90 valence electrons. The Morgan fingerprint density at radius 3 is 2.25 bits per heavy atom. The van der Waals surface area contributed by atoms with Gasteiger partial charge in [-0.2, -0.15) is 23.1 Å². The second kappa shape index (κ2) is 4.96. The predicted octanol–water partition coefficient (Wildman–Crippen LogP) is 2.76. The Balaban J connectivity index is 3.16. The summed E-state index contributed by atoms with van der Waals surface area (Å²) in [6.07, 6.45) is 0. The van der Waals surface area contributed by atoms with Crippen LogP contribution in [-0.2, 0) is 0 Å². The molecule has 0 aromatic carbocycles. The van der Waals surface area contributed by atoms with Gasteiger partial charge in [-0.05, 0) is 11.8 Å². The van der Waals surface area contributed by atoms with Crippen LogP contribution in [0.3, 0.4) is 0 Å². The van der Waals surface area contributed by atoms with Gasteiger partial charge in [0.05, 0.1) is 14.2 Å². The molecule has 0 spiro atoms. The normalized spacial score (nSPS) is 11.4. The van der Waals surface area contributed by atoms with Crippen LogP contribution in [0, 0.1) is 0 Å². The number of aromatic nitrogens is 2. The highest BCUT2D eigenvalue weighted by atomic mass is 35.5. The van der Waals surface area contributed by atoms with Gasteiger partial charge in [0.2, 0.25) is 5.88 Å². The summed E-state index contributed by atoms with van der Waals surface area (Å²) in [5.74, 6) is -0.279. The second-order valence-electron chi connectivity index (χ2n) is 2.39. The van der Waals surface area contributed by atoms with Crippen molar-refractivity contribution in [3.63, 3.8) is 0 Å². The lowest BCUT2D eigenvalue weighted by Gasteiger charge is -2.11. The van der Waals surface area contributed by atoms with Crippen LogP contribution in [0.2, 0.25) is 5.15 Å². The van der Waals surface area contributed by atoms with E-state index in [1.54, 1.807) is 0 Å². The molecule has 9 heteroatoms. The average Bonchev–Trinajstić information content (AvgIpc) is 2.19. The van der Waals surface area contributed by atoms with E-state index in [-0.39, 0.29) is 17.0 Å². The zero-order valence-electron chi connectivity index (χ0n) is 8.13. The third-order valence-corrected chi connectivity index (χ3v) is 2.56. The monoisotopic (exact) mass is 274 g/mol. The summed E-state index contributed by atoms with van der Waals surface area (Å²) in [5.41, 5.74) is -4.49. The molecule has 16 heavy (non-hydrogen) atoms. The highest BCUT2D eigenvalue weighted by Crippen LogP contribution is 2.44. The van der Waals surface area contributed by atoms with E-state index in [1.807, 2.05) is 0 Å². The third-order valence-electron chi connectivity index (χ3n) is 1.37. The summed E-state index contributed by atoms with van der Waals surface area (Å²) in [4.78, 5) is 6.72. The fourth-order valence-electron chi connectivity index (χ4n) is 0.817. The summed E-state index contributed by atoms with van der Waals surface area (Å²) >= 11 is 5.13. The highest BCUT2D eigenvalue weighted by Gasteiger charge is 2.33.